The molecular formula is C21H13FN2. The first-order valence-corrected chi connectivity index (χ1v) is 7.86. The number of rotatable bonds is 1. The Hall–Kier alpha value is -3.20. The highest BCUT2D eigenvalue weighted by molar-refractivity contribution is 6.02. The molecule has 0 aliphatic rings. The van der Waals surface area contributed by atoms with E-state index in [-0.39, 0.29) is 5.82 Å². The van der Waals surface area contributed by atoms with E-state index < -0.39 is 0 Å². The minimum Gasteiger partial charge on any atom is -0.293 e. The van der Waals surface area contributed by atoms with Crippen molar-refractivity contribution in [2.45, 2.75) is 0 Å². The van der Waals surface area contributed by atoms with Crippen LogP contribution in [0.2, 0.25) is 0 Å². The van der Waals surface area contributed by atoms with Gasteiger partial charge in [0.25, 0.3) is 0 Å². The molecule has 0 radical (unpaired) electrons. The van der Waals surface area contributed by atoms with Gasteiger partial charge in [-0.2, -0.15) is 0 Å². The SMILES string of the molecule is Fc1ccc2c(c1)cc1c3ccccc3nc(-c3ccccc3)n21. The predicted molar refractivity (Wildman–Crippen MR) is 95.6 cm³/mol. The van der Waals surface area contributed by atoms with Crippen LogP contribution in [0.5, 0.6) is 0 Å². The summed E-state index contributed by atoms with van der Waals surface area (Å²) in [6, 6.07) is 25.1. The van der Waals surface area contributed by atoms with E-state index in [4.69, 9.17) is 4.98 Å². The molecule has 0 unspecified atom stereocenters. The Morgan fingerprint density at radius 1 is 0.750 bits per heavy atom. The number of para-hydroxylation sites is 1. The Morgan fingerprint density at radius 3 is 2.42 bits per heavy atom. The van der Waals surface area contributed by atoms with Crippen LogP contribution in [-0.2, 0) is 0 Å². The number of nitrogens with zero attached hydrogens (tertiary/aromatic N) is 2. The van der Waals surface area contributed by atoms with Gasteiger partial charge in [0.2, 0.25) is 0 Å². The molecule has 0 aliphatic carbocycles. The lowest BCUT2D eigenvalue weighted by Gasteiger charge is -2.10. The Bertz CT molecular complexity index is 1210. The quantitative estimate of drug-likeness (QED) is 0.402. The third-order valence-corrected chi connectivity index (χ3v) is 4.41. The molecule has 3 heteroatoms. The third-order valence-electron chi connectivity index (χ3n) is 4.41. The summed E-state index contributed by atoms with van der Waals surface area (Å²) in [5, 5.41) is 1.94. The van der Waals surface area contributed by atoms with Crippen molar-refractivity contribution in [1.82, 2.24) is 9.38 Å². The molecular weight excluding hydrogens is 299 g/mol. The van der Waals surface area contributed by atoms with E-state index in [0.717, 1.165) is 38.7 Å². The van der Waals surface area contributed by atoms with Gasteiger partial charge in [0.05, 0.1) is 16.6 Å². The van der Waals surface area contributed by atoms with Crippen molar-refractivity contribution in [3.05, 3.63) is 84.7 Å². The Balaban J connectivity index is 2.04. The summed E-state index contributed by atoms with van der Waals surface area (Å²) >= 11 is 0. The van der Waals surface area contributed by atoms with E-state index in [1.807, 2.05) is 60.7 Å². The summed E-state index contributed by atoms with van der Waals surface area (Å²) in [6.07, 6.45) is 0. The van der Waals surface area contributed by atoms with Crippen molar-refractivity contribution >= 4 is 27.3 Å². The van der Waals surface area contributed by atoms with Gasteiger partial charge in [0, 0.05) is 16.3 Å². The van der Waals surface area contributed by atoms with Gasteiger partial charge < -0.3 is 0 Å². The van der Waals surface area contributed by atoms with Crippen LogP contribution >= 0.6 is 0 Å². The molecule has 3 aromatic carbocycles. The number of fused-ring (bicyclic) bond motifs is 5. The van der Waals surface area contributed by atoms with Crippen molar-refractivity contribution in [1.29, 1.82) is 0 Å². The molecule has 0 spiro atoms. The molecule has 0 bridgehead atoms. The summed E-state index contributed by atoms with van der Waals surface area (Å²) in [5.41, 5.74) is 3.98. The molecule has 5 rings (SSSR count). The number of aromatic nitrogens is 2. The van der Waals surface area contributed by atoms with Crippen LogP contribution in [0.25, 0.3) is 38.7 Å². The fourth-order valence-corrected chi connectivity index (χ4v) is 3.35. The fourth-order valence-electron chi connectivity index (χ4n) is 3.35. The fraction of sp³-hybridized carbons (Fsp3) is 0. The molecule has 114 valence electrons. The van der Waals surface area contributed by atoms with Gasteiger partial charge in [-0.1, -0.05) is 48.5 Å². The molecule has 24 heavy (non-hydrogen) atoms. The van der Waals surface area contributed by atoms with Gasteiger partial charge in [0.15, 0.2) is 0 Å². The standard InChI is InChI=1S/C21H13FN2/c22-16-10-11-19-15(12-16)13-20-17-8-4-5-9-18(17)23-21(24(19)20)14-6-2-1-3-7-14/h1-13H. The lowest BCUT2D eigenvalue weighted by Crippen LogP contribution is -1.97. The molecule has 5 aromatic rings. The lowest BCUT2D eigenvalue weighted by molar-refractivity contribution is 0.629. The van der Waals surface area contributed by atoms with Gasteiger partial charge >= 0.3 is 0 Å². The number of hydrogen-bond acceptors (Lipinski definition) is 1. The van der Waals surface area contributed by atoms with Gasteiger partial charge in [-0.05, 0) is 30.3 Å². The smallest absolute Gasteiger partial charge is 0.145 e. The monoisotopic (exact) mass is 312 g/mol. The van der Waals surface area contributed by atoms with E-state index in [1.165, 1.54) is 6.07 Å². The second-order valence-electron chi connectivity index (χ2n) is 5.89. The highest BCUT2D eigenvalue weighted by Crippen LogP contribution is 2.31. The second kappa shape index (κ2) is 4.90. The normalized spacial score (nSPS) is 11.5. The van der Waals surface area contributed by atoms with Crippen molar-refractivity contribution in [2.24, 2.45) is 0 Å². The van der Waals surface area contributed by atoms with Crippen LogP contribution in [0.1, 0.15) is 0 Å². The van der Waals surface area contributed by atoms with E-state index >= 15 is 0 Å². The zero-order chi connectivity index (χ0) is 16.1. The minimum absolute atomic E-state index is 0.225. The maximum atomic E-state index is 13.7. The second-order valence-corrected chi connectivity index (χ2v) is 5.89. The topological polar surface area (TPSA) is 17.3 Å². The predicted octanol–water partition coefficient (Wildman–Crippen LogP) is 5.45. The first-order valence-electron chi connectivity index (χ1n) is 7.86. The third kappa shape index (κ3) is 1.85. The van der Waals surface area contributed by atoms with Gasteiger partial charge in [-0.25, -0.2) is 9.37 Å². The molecule has 2 nitrogen and oxygen atoms in total. The molecule has 0 atom stereocenters. The van der Waals surface area contributed by atoms with Gasteiger partial charge in [-0.15, -0.1) is 0 Å². The molecule has 0 fully saturated rings. The zero-order valence-electron chi connectivity index (χ0n) is 12.8. The maximum Gasteiger partial charge on any atom is 0.145 e. The van der Waals surface area contributed by atoms with E-state index in [0.29, 0.717) is 0 Å². The van der Waals surface area contributed by atoms with Crippen LogP contribution in [0.15, 0.2) is 78.9 Å². The highest BCUT2D eigenvalue weighted by Gasteiger charge is 2.13. The van der Waals surface area contributed by atoms with Crippen molar-refractivity contribution in [3.8, 4) is 11.4 Å². The molecule has 0 aliphatic heterocycles. The van der Waals surface area contributed by atoms with Crippen LogP contribution in [0.4, 0.5) is 4.39 Å². The Morgan fingerprint density at radius 2 is 1.54 bits per heavy atom. The average molecular weight is 312 g/mol. The average Bonchev–Trinajstić information content (AvgIpc) is 3.00. The first-order chi connectivity index (χ1) is 11.8. The number of halogens is 1. The molecule has 0 N–H and O–H groups in total. The molecule has 0 saturated heterocycles. The largest absolute Gasteiger partial charge is 0.293 e. The number of benzene rings is 3. The van der Waals surface area contributed by atoms with Crippen molar-refractivity contribution < 1.29 is 4.39 Å². The van der Waals surface area contributed by atoms with Gasteiger partial charge in [-0.3, -0.25) is 4.40 Å². The van der Waals surface area contributed by atoms with Crippen LogP contribution in [-0.4, -0.2) is 9.38 Å². The van der Waals surface area contributed by atoms with Crippen LogP contribution in [0.3, 0.4) is 0 Å². The molecule has 0 saturated carbocycles. The van der Waals surface area contributed by atoms with E-state index in [2.05, 4.69) is 10.5 Å². The summed E-state index contributed by atoms with van der Waals surface area (Å²) < 4.78 is 15.8. The number of hydrogen-bond donors (Lipinski definition) is 0. The summed E-state index contributed by atoms with van der Waals surface area (Å²) in [5.74, 6) is 0.642. The van der Waals surface area contributed by atoms with Crippen molar-refractivity contribution in [3.63, 3.8) is 0 Å². The minimum atomic E-state index is -0.225. The zero-order valence-corrected chi connectivity index (χ0v) is 12.8. The molecule has 0 amide bonds. The lowest BCUT2D eigenvalue weighted by atomic mass is 10.1. The summed E-state index contributed by atoms with van der Waals surface area (Å²) in [4.78, 5) is 4.89. The summed E-state index contributed by atoms with van der Waals surface area (Å²) in [7, 11) is 0. The van der Waals surface area contributed by atoms with Crippen molar-refractivity contribution in [2.75, 3.05) is 0 Å². The van der Waals surface area contributed by atoms with E-state index in [1.54, 1.807) is 6.07 Å². The maximum absolute atomic E-state index is 13.7. The molecule has 2 aromatic heterocycles. The highest BCUT2D eigenvalue weighted by atomic mass is 19.1. The summed E-state index contributed by atoms with van der Waals surface area (Å²) in [6.45, 7) is 0. The first kappa shape index (κ1) is 13.3. The Labute approximate surface area is 137 Å². The Kier molecular flexibility index (Phi) is 2.71. The van der Waals surface area contributed by atoms with Crippen LogP contribution in [0, 0.1) is 5.82 Å². The van der Waals surface area contributed by atoms with Gasteiger partial charge in [0.1, 0.15) is 11.6 Å². The van der Waals surface area contributed by atoms with E-state index in [9.17, 15) is 4.39 Å². The molecule has 2 heterocycles. The van der Waals surface area contributed by atoms with Crippen LogP contribution < -0.4 is 0 Å².